The number of hydrogen-bond acceptors (Lipinski definition) is 2. The van der Waals surface area contributed by atoms with Gasteiger partial charge in [-0.3, -0.25) is 0 Å². The average molecular weight is 199 g/mol. The van der Waals surface area contributed by atoms with E-state index in [0.29, 0.717) is 0 Å². The Morgan fingerprint density at radius 1 is 1.29 bits per heavy atom. The molecular formula is C12H25NO. The Balaban J connectivity index is 2.26. The van der Waals surface area contributed by atoms with E-state index in [1.165, 1.54) is 32.1 Å². The zero-order chi connectivity index (χ0) is 10.4. The Kier molecular flexibility index (Phi) is 5.49. The van der Waals surface area contributed by atoms with Crippen LogP contribution in [0, 0.1) is 5.92 Å². The van der Waals surface area contributed by atoms with Gasteiger partial charge in [-0.1, -0.05) is 32.6 Å². The molecule has 0 aromatic carbocycles. The molecule has 0 amide bonds. The summed E-state index contributed by atoms with van der Waals surface area (Å²) in [7, 11) is 0. The summed E-state index contributed by atoms with van der Waals surface area (Å²) < 4.78 is 5.64. The second-order valence-electron chi connectivity index (χ2n) is 4.45. The van der Waals surface area contributed by atoms with Crippen molar-refractivity contribution in [2.45, 2.75) is 64.5 Å². The first-order chi connectivity index (χ1) is 6.77. The summed E-state index contributed by atoms with van der Waals surface area (Å²) in [5.41, 5.74) is 6.17. The highest BCUT2D eigenvalue weighted by atomic mass is 16.5. The van der Waals surface area contributed by atoms with Crippen molar-refractivity contribution in [2.24, 2.45) is 11.7 Å². The van der Waals surface area contributed by atoms with Crippen LogP contribution in [0.25, 0.3) is 0 Å². The van der Waals surface area contributed by atoms with E-state index in [2.05, 4.69) is 6.92 Å². The van der Waals surface area contributed by atoms with Crippen LogP contribution < -0.4 is 5.73 Å². The van der Waals surface area contributed by atoms with Crippen molar-refractivity contribution < 1.29 is 4.74 Å². The van der Waals surface area contributed by atoms with Gasteiger partial charge >= 0.3 is 0 Å². The summed E-state index contributed by atoms with van der Waals surface area (Å²) in [4.78, 5) is 0. The predicted molar refractivity (Wildman–Crippen MR) is 60.3 cm³/mol. The van der Waals surface area contributed by atoms with Crippen molar-refractivity contribution in [1.82, 2.24) is 0 Å². The number of hydrogen-bond donors (Lipinski definition) is 1. The maximum atomic E-state index is 6.17. The van der Waals surface area contributed by atoms with Gasteiger partial charge in [0.1, 0.15) is 0 Å². The predicted octanol–water partition coefficient (Wildman–Crippen LogP) is 2.71. The highest BCUT2D eigenvalue weighted by molar-refractivity contribution is 4.78. The van der Waals surface area contributed by atoms with E-state index in [-0.39, 0.29) is 12.1 Å². The fraction of sp³-hybridized carbons (Fsp3) is 1.00. The van der Waals surface area contributed by atoms with Crippen LogP contribution in [0.2, 0.25) is 0 Å². The highest BCUT2D eigenvalue weighted by Gasteiger charge is 2.22. The van der Waals surface area contributed by atoms with Gasteiger partial charge in [-0.15, -0.1) is 0 Å². The van der Waals surface area contributed by atoms with E-state index >= 15 is 0 Å². The molecule has 0 spiro atoms. The van der Waals surface area contributed by atoms with Crippen LogP contribution >= 0.6 is 0 Å². The minimum Gasteiger partial charge on any atom is -0.377 e. The van der Waals surface area contributed by atoms with E-state index in [0.717, 1.165) is 18.9 Å². The molecule has 14 heavy (non-hydrogen) atoms. The summed E-state index contributed by atoms with van der Waals surface area (Å²) in [5, 5.41) is 0. The normalized spacial score (nSPS) is 22.5. The maximum Gasteiger partial charge on any atom is 0.0723 e. The molecule has 0 radical (unpaired) electrons. The van der Waals surface area contributed by atoms with Crippen LogP contribution in [-0.4, -0.2) is 18.8 Å². The summed E-state index contributed by atoms with van der Waals surface area (Å²) in [6.45, 7) is 5.00. The minimum atomic E-state index is 0.253. The Bertz CT molecular complexity index is 143. The molecule has 2 nitrogen and oxygen atoms in total. The fourth-order valence-electron chi connectivity index (χ4n) is 2.54. The van der Waals surface area contributed by atoms with Crippen LogP contribution in [0.15, 0.2) is 0 Å². The summed E-state index contributed by atoms with van der Waals surface area (Å²) in [5.74, 6) is 0.875. The zero-order valence-corrected chi connectivity index (χ0v) is 9.67. The Morgan fingerprint density at radius 2 is 1.93 bits per heavy atom. The molecule has 2 N–H and O–H groups in total. The van der Waals surface area contributed by atoms with Crippen LogP contribution in [0.5, 0.6) is 0 Å². The lowest BCUT2D eigenvalue weighted by atomic mass is 9.94. The second-order valence-corrected chi connectivity index (χ2v) is 4.45. The number of nitrogens with two attached hydrogens (primary N) is 1. The van der Waals surface area contributed by atoms with Gasteiger partial charge in [0, 0.05) is 12.6 Å². The molecule has 0 heterocycles. The van der Waals surface area contributed by atoms with Gasteiger partial charge in [-0.05, 0) is 25.7 Å². The molecule has 84 valence electrons. The molecule has 0 saturated heterocycles. The van der Waals surface area contributed by atoms with Crippen LogP contribution in [0.1, 0.15) is 52.4 Å². The summed E-state index contributed by atoms with van der Waals surface area (Å²) in [6.07, 6.45) is 8.07. The van der Waals surface area contributed by atoms with Gasteiger partial charge in [0.15, 0.2) is 0 Å². The van der Waals surface area contributed by atoms with E-state index in [9.17, 15) is 0 Å². The lowest BCUT2D eigenvalue weighted by Gasteiger charge is -2.24. The summed E-state index contributed by atoms with van der Waals surface area (Å²) >= 11 is 0. The Hall–Kier alpha value is -0.0800. The second kappa shape index (κ2) is 6.41. The highest BCUT2D eigenvalue weighted by Crippen LogP contribution is 2.29. The molecule has 1 rings (SSSR count). The Morgan fingerprint density at radius 3 is 2.43 bits per heavy atom. The third-order valence-electron chi connectivity index (χ3n) is 3.34. The zero-order valence-electron chi connectivity index (χ0n) is 9.67. The van der Waals surface area contributed by atoms with Gasteiger partial charge in [0.2, 0.25) is 0 Å². The lowest BCUT2D eigenvalue weighted by Crippen LogP contribution is -2.37. The fourth-order valence-corrected chi connectivity index (χ4v) is 2.54. The average Bonchev–Trinajstić information content (AvgIpc) is 2.66. The van der Waals surface area contributed by atoms with Gasteiger partial charge in [-0.2, -0.15) is 0 Å². The van der Waals surface area contributed by atoms with Gasteiger partial charge < -0.3 is 10.5 Å². The maximum absolute atomic E-state index is 6.17. The van der Waals surface area contributed by atoms with E-state index in [1.54, 1.807) is 0 Å². The molecule has 1 saturated carbocycles. The largest absolute Gasteiger partial charge is 0.377 e. The molecule has 1 fully saturated rings. The first-order valence-corrected chi connectivity index (χ1v) is 6.15. The third-order valence-corrected chi connectivity index (χ3v) is 3.34. The molecule has 1 aliphatic carbocycles. The van der Waals surface area contributed by atoms with Gasteiger partial charge in [-0.25, -0.2) is 0 Å². The van der Waals surface area contributed by atoms with Crippen molar-refractivity contribution in [1.29, 1.82) is 0 Å². The lowest BCUT2D eigenvalue weighted by molar-refractivity contribution is 0.0359. The molecule has 1 aliphatic rings. The van der Waals surface area contributed by atoms with Crippen LogP contribution in [-0.2, 0) is 4.74 Å². The standard InChI is InChI=1S/C12H25NO/c1-3-12(14-4-2)11(13)9-10-7-5-6-8-10/h10-12H,3-9,13H2,1-2H3. The molecular weight excluding hydrogens is 174 g/mol. The first-order valence-electron chi connectivity index (χ1n) is 6.15. The molecule has 2 atom stereocenters. The van der Waals surface area contributed by atoms with Gasteiger partial charge in [0.25, 0.3) is 0 Å². The Labute approximate surface area is 88.2 Å². The van der Waals surface area contributed by atoms with Crippen LogP contribution in [0.3, 0.4) is 0 Å². The van der Waals surface area contributed by atoms with E-state index in [4.69, 9.17) is 10.5 Å². The van der Waals surface area contributed by atoms with E-state index < -0.39 is 0 Å². The first kappa shape index (κ1) is 12.0. The summed E-state index contributed by atoms with van der Waals surface area (Å²) in [6, 6.07) is 0.253. The van der Waals surface area contributed by atoms with Crippen molar-refractivity contribution in [2.75, 3.05) is 6.61 Å². The molecule has 0 aromatic rings. The monoisotopic (exact) mass is 199 g/mol. The SMILES string of the molecule is CCOC(CC)C(N)CC1CCCC1. The minimum absolute atomic E-state index is 0.253. The number of ether oxygens (including phenoxy) is 1. The van der Waals surface area contributed by atoms with Crippen molar-refractivity contribution >= 4 is 0 Å². The van der Waals surface area contributed by atoms with Crippen molar-refractivity contribution in [3.8, 4) is 0 Å². The molecule has 0 aliphatic heterocycles. The van der Waals surface area contributed by atoms with E-state index in [1.807, 2.05) is 6.92 Å². The quantitative estimate of drug-likeness (QED) is 0.714. The number of rotatable bonds is 6. The van der Waals surface area contributed by atoms with Crippen molar-refractivity contribution in [3.63, 3.8) is 0 Å². The van der Waals surface area contributed by atoms with Crippen molar-refractivity contribution in [3.05, 3.63) is 0 Å². The molecule has 0 bridgehead atoms. The van der Waals surface area contributed by atoms with Gasteiger partial charge in [0.05, 0.1) is 6.10 Å². The van der Waals surface area contributed by atoms with Crippen LogP contribution in [0.4, 0.5) is 0 Å². The topological polar surface area (TPSA) is 35.2 Å². The smallest absolute Gasteiger partial charge is 0.0723 e. The molecule has 2 unspecified atom stereocenters. The third kappa shape index (κ3) is 3.58. The molecule has 2 heteroatoms. The molecule has 0 aromatic heterocycles.